The SMILES string of the molecule is CC(C)(CNC(=O)CN1CCN(Cc2cn3ccccc3n2)CC1)N1CCOCC1. The fraction of sp³-hybridized carbons (Fsp3) is 0.636. The van der Waals surface area contributed by atoms with E-state index in [1.807, 2.05) is 24.4 Å². The summed E-state index contributed by atoms with van der Waals surface area (Å²) in [6.45, 7) is 13.5. The summed E-state index contributed by atoms with van der Waals surface area (Å²) in [7, 11) is 0. The fourth-order valence-electron chi connectivity index (χ4n) is 4.25. The molecule has 2 fully saturated rings. The number of nitrogens with one attached hydrogen (secondary N) is 1. The normalized spacial score (nSPS) is 19.9. The summed E-state index contributed by atoms with van der Waals surface area (Å²) < 4.78 is 7.50. The number of hydrogen-bond acceptors (Lipinski definition) is 6. The molecule has 0 unspecified atom stereocenters. The van der Waals surface area contributed by atoms with Gasteiger partial charge in [0, 0.05) is 70.3 Å². The third kappa shape index (κ3) is 5.37. The van der Waals surface area contributed by atoms with Gasteiger partial charge < -0.3 is 14.5 Å². The lowest BCUT2D eigenvalue weighted by atomic mass is 10.0. The van der Waals surface area contributed by atoms with Crippen LogP contribution in [0.2, 0.25) is 0 Å². The molecule has 1 amide bonds. The predicted molar refractivity (Wildman–Crippen MR) is 116 cm³/mol. The Morgan fingerprint density at radius 1 is 1.10 bits per heavy atom. The van der Waals surface area contributed by atoms with Crippen LogP contribution in [0.4, 0.5) is 0 Å². The molecule has 0 spiro atoms. The zero-order valence-corrected chi connectivity index (χ0v) is 18.2. The smallest absolute Gasteiger partial charge is 0.234 e. The Kier molecular flexibility index (Phi) is 6.67. The zero-order chi connectivity index (χ0) is 21.0. The van der Waals surface area contributed by atoms with Gasteiger partial charge >= 0.3 is 0 Å². The second kappa shape index (κ2) is 9.43. The third-order valence-electron chi connectivity index (χ3n) is 6.22. The van der Waals surface area contributed by atoms with E-state index in [1.54, 1.807) is 0 Å². The molecular formula is C22H34N6O2. The van der Waals surface area contributed by atoms with Crippen LogP contribution in [-0.4, -0.2) is 101 Å². The molecule has 1 N–H and O–H groups in total. The number of hydrogen-bond donors (Lipinski definition) is 1. The molecule has 2 aliphatic rings. The minimum absolute atomic E-state index is 0.0494. The molecule has 0 bridgehead atoms. The molecule has 0 saturated carbocycles. The molecule has 2 aliphatic heterocycles. The first-order valence-electron chi connectivity index (χ1n) is 11.0. The second-order valence-corrected chi connectivity index (χ2v) is 8.94. The largest absolute Gasteiger partial charge is 0.379 e. The number of morpholine rings is 1. The predicted octanol–water partition coefficient (Wildman–Crippen LogP) is 0.679. The van der Waals surface area contributed by atoms with Gasteiger partial charge in [0.15, 0.2) is 0 Å². The molecule has 0 atom stereocenters. The Bertz CT molecular complexity index is 804. The van der Waals surface area contributed by atoms with Crippen molar-refractivity contribution < 1.29 is 9.53 Å². The van der Waals surface area contributed by atoms with Crippen LogP contribution in [-0.2, 0) is 16.1 Å². The topological polar surface area (TPSA) is 65.4 Å². The summed E-state index contributed by atoms with van der Waals surface area (Å²) in [4.78, 5) is 24.2. The molecule has 2 aromatic rings. The highest BCUT2D eigenvalue weighted by Crippen LogP contribution is 2.15. The second-order valence-electron chi connectivity index (χ2n) is 8.94. The van der Waals surface area contributed by atoms with Crippen LogP contribution in [0.1, 0.15) is 19.5 Å². The van der Waals surface area contributed by atoms with E-state index in [9.17, 15) is 4.79 Å². The summed E-state index contributed by atoms with van der Waals surface area (Å²) in [5.41, 5.74) is 2.03. The number of carbonyl (C=O) groups is 1. The Morgan fingerprint density at radius 3 is 2.57 bits per heavy atom. The summed E-state index contributed by atoms with van der Waals surface area (Å²) in [6, 6.07) is 6.06. The lowest BCUT2D eigenvalue weighted by molar-refractivity contribution is -0.123. The van der Waals surface area contributed by atoms with E-state index < -0.39 is 0 Å². The number of piperazine rings is 1. The van der Waals surface area contributed by atoms with Crippen molar-refractivity contribution in [3.05, 3.63) is 36.3 Å². The molecule has 30 heavy (non-hydrogen) atoms. The minimum Gasteiger partial charge on any atom is -0.379 e. The monoisotopic (exact) mass is 414 g/mol. The molecule has 8 nitrogen and oxygen atoms in total. The van der Waals surface area contributed by atoms with Crippen LogP contribution in [0.5, 0.6) is 0 Å². The molecule has 0 aromatic carbocycles. The highest BCUT2D eigenvalue weighted by molar-refractivity contribution is 5.78. The average Bonchev–Trinajstić information content (AvgIpc) is 3.17. The summed E-state index contributed by atoms with van der Waals surface area (Å²) >= 11 is 0. The lowest BCUT2D eigenvalue weighted by Gasteiger charge is -2.41. The molecule has 0 radical (unpaired) electrons. The van der Waals surface area contributed by atoms with Crippen molar-refractivity contribution in [2.24, 2.45) is 0 Å². The first-order valence-corrected chi connectivity index (χ1v) is 11.0. The Morgan fingerprint density at radius 2 is 1.83 bits per heavy atom. The average molecular weight is 415 g/mol. The van der Waals surface area contributed by atoms with Crippen LogP contribution in [0.25, 0.3) is 5.65 Å². The fourth-order valence-corrected chi connectivity index (χ4v) is 4.25. The van der Waals surface area contributed by atoms with Crippen LogP contribution >= 0.6 is 0 Å². The van der Waals surface area contributed by atoms with Gasteiger partial charge in [0.05, 0.1) is 25.5 Å². The Labute approximate surface area is 178 Å². The molecule has 2 aromatic heterocycles. The number of pyridine rings is 1. The van der Waals surface area contributed by atoms with Gasteiger partial charge in [-0.3, -0.25) is 19.5 Å². The van der Waals surface area contributed by atoms with Gasteiger partial charge in [-0.25, -0.2) is 4.98 Å². The van der Waals surface area contributed by atoms with Crippen molar-refractivity contribution in [1.29, 1.82) is 0 Å². The quantitative estimate of drug-likeness (QED) is 0.719. The van der Waals surface area contributed by atoms with Crippen molar-refractivity contribution in [1.82, 2.24) is 29.4 Å². The van der Waals surface area contributed by atoms with Crippen molar-refractivity contribution in [3.63, 3.8) is 0 Å². The van der Waals surface area contributed by atoms with Crippen molar-refractivity contribution >= 4 is 11.6 Å². The first kappa shape index (κ1) is 21.2. The molecule has 0 aliphatic carbocycles. The summed E-state index contributed by atoms with van der Waals surface area (Å²) in [5, 5.41) is 3.14. The third-order valence-corrected chi connectivity index (χ3v) is 6.22. The molecule has 8 heteroatoms. The van der Waals surface area contributed by atoms with Crippen LogP contribution in [0.15, 0.2) is 30.6 Å². The van der Waals surface area contributed by atoms with Gasteiger partial charge in [-0.05, 0) is 26.0 Å². The van der Waals surface area contributed by atoms with E-state index in [1.165, 1.54) is 0 Å². The Balaban J connectivity index is 1.18. The van der Waals surface area contributed by atoms with Gasteiger partial charge in [-0.1, -0.05) is 6.07 Å². The van der Waals surface area contributed by atoms with Gasteiger partial charge in [-0.2, -0.15) is 0 Å². The molecule has 2 saturated heterocycles. The summed E-state index contributed by atoms with van der Waals surface area (Å²) in [6.07, 6.45) is 4.13. The number of aromatic nitrogens is 2. The van der Waals surface area contributed by atoms with Crippen molar-refractivity contribution in [2.45, 2.75) is 25.9 Å². The summed E-state index contributed by atoms with van der Waals surface area (Å²) in [5.74, 6) is 0.116. The van der Waals surface area contributed by atoms with Crippen LogP contribution in [0.3, 0.4) is 0 Å². The van der Waals surface area contributed by atoms with Gasteiger partial charge in [0.25, 0.3) is 0 Å². The van der Waals surface area contributed by atoms with Gasteiger partial charge in [0.1, 0.15) is 5.65 Å². The number of fused-ring (bicyclic) bond motifs is 1. The maximum Gasteiger partial charge on any atom is 0.234 e. The standard InChI is InChI=1S/C22H34N6O2/c1-22(2,28-11-13-30-14-12-28)18-23-21(29)17-26-9-7-25(8-10-26)15-19-16-27-6-4-3-5-20(27)24-19/h3-6,16H,7-15,17-18H2,1-2H3,(H,23,29). The van der Waals surface area contributed by atoms with E-state index in [0.29, 0.717) is 13.1 Å². The van der Waals surface area contributed by atoms with Crippen molar-refractivity contribution in [3.8, 4) is 0 Å². The maximum absolute atomic E-state index is 12.5. The lowest BCUT2D eigenvalue weighted by Crippen LogP contribution is -2.56. The van der Waals surface area contributed by atoms with Crippen LogP contribution in [0, 0.1) is 0 Å². The number of imidazole rings is 1. The van der Waals surface area contributed by atoms with E-state index in [4.69, 9.17) is 9.72 Å². The zero-order valence-electron chi connectivity index (χ0n) is 18.2. The van der Waals surface area contributed by atoms with Crippen LogP contribution < -0.4 is 5.32 Å². The minimum atomic E-state index is -0.0494. The highest BCUT2D eigenvalue weighted by Gasteiger charge is 2.29. The van der Waals surface area contributed by atoms with Crippen molar-refractivity contribution in [2.75, 3.05) is 65.6 Å². The van der Waals surface area contributed by atoms with E-state index in [0.717, 1.165) is 70.4 Å². The molecule has 4 rings (SSSR count). The number of nitrogens with zero attached hydrogens (tertiary/aromatic N) is 5. The number of amides is 1. The number of carbonyl (C=O) groups excluding carboxylic acids is 1. The van der Waals surface area contributed by atoms with Gasteiger partial charge in [-0.15, -0.1) is 0 Å². The maximum atomic E-state index is 12.5. The van der Waals surface area contributed by atoms with E-state index >= 15 is 0 Å². The Hall–Kier alpha value is -2.00. The van der Waals surface area contributed by atoms with E-state index in [2.05, 4.69) is 44.5 Å². The first-order chi connectivity index (χ1) is 14.5. The molecule has 4 heterocycles. The van der Waals surface area contributed by atoms with Gasteiger partial charge in [0.2, 0.25) is 5.91 Å². The van der Waals surface area contributed by atoms with E-state index in [-0.39, 0.29) is 11.4 Å². The molecule has 164 valence electrons. The molecular weight excluding hydrogens is 380 g/mol. The number of ether oxygens (including phenoxy) is 1. The number of rotatable bonds is 7. The highest BCUT2D eigenvalue weighted by atomic mass is 16.5.